The molecule has 0 saturated carbocycles. The number of anilines is 1. The first kappa shape index (κ1) is 15.4. The lowest BCUT2D eigenvalue weighted by atomic mass is 9.91. The van der Waals surface area contributed by atoms with Crippen molar-refractivity contribution in [3.63, 3.8) is 0 Å². The van der Waals surface area contributed by atoms with Gasteiger partial charge in [-0.05, 0) is 55.0 Å². The summed E-state index contributed by atoms with van der Waals surface area (Å²) >= 11 is 0. The van der Waals surface area contributed by atoms with Crippen LogP contribution in [-0.2, 0) is 13.0 Å². The van der Waals surface area contributed by atoms with Gasteiger partial charge in [-0.3, -0.25) is 10.00 Å². The van der Waals surface area contributed by atoms with Crippen molar-refractivity contribution in [2.45, 2.75) is 31.7 Å². The lowest BCUT2D eigenvalue weighted by molar-refractivity contribution is 0.205. The van der Waals surface area contributed by atoms with Crippen molar-refractivity contribution in [1.82, 2.24) is 15.1 Å². The summed E-state index contributed by atoms with van der Waals surface area (Å²) in [4.78, 5) is 2.59. The predicted octanol–water partition coefficient (Wildman–Crippen LogP) is 3.18. The molecule has 4 nitrogen and oxygen atoms in total. The summed E-state index contributed by atoms with van der Waals surface area (Å²) in [5.74, 6) is 0.680. The Morgan fingerprint density at radius 2 is 2.09 bits per heavy atom. The van der Waals surface area contributed by atoms with Crippen LogP contribution in [0.1, 0.15) is 35.4 Å². The molecule has 4 rings (SSSR count). The van der Waals surface area contributed by atoms with E-state index in [1.54, 1.807) is 0 Å². The van der Waals surface area contributed by atoms with Gasteiger partial charge in [-0.1, -0.05) is 18.2 Å². The summed E-state index contributed by atoms with van der Waals surface area (Å²) in [6, 6.07) is 6.74. The molecule has 3 heterocycles. The van der Waals surface area contributed by atoms with E-state index < -0.39 is 0 Å². The lowest BCUT2D eigenvalue weighted by Gasteiger charge is -2.32. The van der Waals surface area contributed by atoms with E-state index >= 15 is 0 Å². The van der Waals surface area contributed by atoms with Crippen LogP contribution in [0.15, 0.2) is 30.6 Å². The topological polar surface area (TPSA) is 44.0 Å². The summed E-state index contributed by atoms with van der Waals surface area (Å²) in [7, 11) is 0. The summed E-state index contributed by atoms with van der Waals surface area (Å²) < 4.78 is 0. The number of fused-ring (bicyclic) bond motifs is 1. The summed E-state index contributed by atoms with van der Waals surface area (Å²) in [5, 5.41) is 10.6. The zero-order valence-electron chi connectivity index (χ0n) is 12.7. The number of halogens is 1. The molecule has 2 N–H and O–H groups in total. The van der Waals surface area contributed by atoms with Gasteiger partial charge >= 0.3 is 0 Å². The van der Waals surface area contributed by atoms with Crippen molar-refractivity contribution in [2.24, 2.45) is 0 Å². The van der Waals surface area contributed by atoms with Crippen LogP contribution in [0.2, 0.25) is 0 Å². The second-order valence-electron chi connectivity index (χ2n) is 6.21. The largest absolute Gasteiger partial charge is 0.384 e. The quantitative estimate of drug-likeness (QED) is 0.913. The highest BCUT2D eigenvalue weighted by Crippen LogP contribution is 2.31. The van der Waals surface area contributed by atoms with Crippen LogP contribution in [0, 0.1) is 0 Å². The van der Waals surface area contributed by atoms with Gasteiger partial charge in [0.2, 0.25) is 0 Å². The van der Waals surface area contributed by atoms with E-state index in [0.717, 1.165) is 13.1 Å². The molecule has 0 bridgehead atoms. The fraction of sp³-hybridized carbons (Fsp3) is 0.471. The van der Waals surface area contributed by atoms with Gasteiger partial charge in [0.25, 0.3) is 0 Å². The zero-order chi connectivity index (χ0) is 14.1. The maximum absolute atomic E-state index is 4.08. The minimum absolute atomic E-state index is 0. The molecule has 22 heavy (non-hydrogen) atoms. The third-order valence-electron chi connectivity index (χ3n) is 4.91. The van der Waals surface area contributed by atoms with Crippen LogP contribution >= 0.6 is 12.4 Å². The molecule has 118 valence electrons. The average Bonchev–Trinajstić information content (AvgIpc) is 3.20. The van der Waals surface area contributed by atoms with Crippen molar-refractivity contribution in [3.05, 3.63) is 47.3 Å². The van der Waals surface area contributed by atoms with Crippen LogP contribution < -0.4 is 5.32 Å². The highest BCUT2D eigenvalue weighted by molar-refractivity contribution is 5.85. The third-order valence-corrected chi connectivity index (χ3v) is 4.91. The Morgan fingerprint density at radius 3 is 2.86 bits per heavy atom. The Balaban J connectivity index is 0.00000144. The van der Waals surface area contributed by atoms with Gasteiger partial charge < -0.3 is 5.32 Å². The van der Waals surface area contributed by atoms with Crippen molar-refractivity contribution < 1.29 is 0 Å². The molecule has 1 fully saturated rings. The van der Waals surface area contributed by atoms with Crippen LogP contribution in [0.5, 0.6) is 0 Å². The number of nitrogens with one attached hydrogen (secondary N) is 2. The van der Waals surface area contributed by atoms with Gasteiger partial charge in [-0.25, -0.2) is 0 Å². The number of hydrogen-bond acceptors (Lipinski definition) is 3. The van der Waals surface area contributed by atoms with E-state index in [1.807, 2.05) is 12.4 Å². The first-order chi connectivity index (χ1) is 10.4. The number of likely N-dealkylation sites (tertiary alicyclic amines) is 1. The number of nitrogens with zero attached hydrogens (tertiary/aromatic N) is 2. The molecular weight excluding hydrogens is 296 g/mol. The van der Waals surface area contributed by atoms with Crippen LogP contribution in [0.4, 0.5) is 5.69 Å². The molecule has 2 aromatic rings. The van der Waals surface area contributed by atoms with E-state index in [-0.39, 0.29) is 12.4 Å². The highest BCUT2D eigenvalue weighted by atomic mass is 35.5. The number of benzene rings is 1. The minimum atomic E-state index is 0. The van der Waals surface area contributed by atoms with Crippen molar-refractivity contribution in [2.75, 3.05) is 25.0 Å². The molecule has 1 aromatic heterocycles. The first-order valence-corrected chi connectivity index (χ1v) is 7.96. The van der Waals surface area contributed by atoms with Crippen molar-refractivity contribution in [3.8, 4) is 0 Å². The molecule has 1 aromatic carbocycles. The fourth-order valence-corrected chi connectivity index (χ4v) is 3.69. The number of aromatic amines is 1. The Hall–Kier alpha value is -1.52. The fourth-order valence-electron chi connectivity index (χ4n) is 3.69. The smallest absolute Gasteiger partial charge is 0.0522 e. The van der Waals surface area contributed by atoms with Gasteiger partial charge in [-0.2, -0.15) is 5.10 Å². The highest BCUT2D eigenvalue weighted by Gasteiger charge is 2.22. The van der Waals surface area contributed by atoms with Gasteiger partial charge in [0, 0.05) is 25.0 Å². The molecule has 0 amide bonds. The van der Waals surface area contributed by atoms with Crippen molar-refractivity contribution in [1.29, 1.82) is 0 Å². The van der Waals surface area contributed by atoms with Gasteiger partial charge in [0.15, 0.2) is 0 Å². The minimum Gasteiger partial charge on any atom is -0.384 e. The zero-order valence-corrected chi connectivity index (χ0v) is 13.5. The first-order valence-electron chi connectivity index (χ1n) is 7.96. The molecule has 2 aliphatic rings. The van der Waals surface area contributed by atoms with E-state index in [1.165, 1.54) is 54.7 Å². The van der Waals surface area contributed by atoms with Gasteiger partial charge in [-0.15, -0.1) is 12.4 Å². The molecular formula is C17H23ClN4. The second-order valence-corrected chi connectivity index (χ2v) is 6.21. The van der Waals surface area contributed by atoms with Crippen LogP contribution in [0.25, 0.3) is 0 Å². The number of aromatic nitrogens is 2. The molecule has 2 aliphatic heterocycles. The van der Waals surface area contributed by atoms with Crippen LogP contribution in [-0.4, -0.2) is 34.7 Å². The monoisotopic (exact) mass is 318 g/mol. The molecule has 0 spiro atoms. The molecule has 0 aliphatic carbocycles. The summed E-state index contributed by atoms with van der Waals surface area (Å²) in [6.07, 6.45) is 7.68. The number of hydrogen-bond donors (Lipinski definition) is 2. The number of para-hydroxylation sites is 1. The molecule has 0 atom stereocenters. The molecule has 0 radical (unpaired) electrons. The predicted molar refractivity (Wildman–Crippen MR) is 91.7 cm³/mol. The maximum atomic E-state index is 4.08. The molecule has 0 unspecified atom stereocenters. The Morgan fingerprint density at radius 1 is 1.23 bits per heavy atom. The van der Waals surface area contributed by atoms with E-state index in [9.17, 15) is 0 Å². The normalized spacial score (nSPS) is 18.5. The number of H-pyrrole nitrogens is 1. The summed E-state index contributed by atoms with van der Waals surface area (Å²) in [6.45, 7) is 4.53. The van der Waals surface area contributed by atoms with E-state index in [0.29, 0.717) is 5.92 Å². The lowest BCUT2D eigenvalue weighted by Crippen LogP contribution is -2.32. The Labute approximate surface area is 137 Å². The third kappa shape index (κ3) is 2.99. The SMILES string of the molecule is Cl.c1cc2c(c(CN3CCC(c4cn[nH]c4)CC3)c1)NCC2. The van der Waals surface area contributed by atoms with E-state index in [4.69, 9.17) is 0 Å². The second kappa shape index (κ2) is 6.71. The Kier molecular flexibility index (Phi) is 4.69. The molecule has 1 saturated heterocycles. The molecule has 5 heteroatoms. The van der Waals surface area contributed by atoms with Crippen LogP contribution in [0.3, 0.4) is 0 Å². The van der Waals surface area contributed by atoms with Crippen molar-refractivity contribution >= 4 is 18.1 Å². The Bertz CT molecular complexity index is 603. The average molecular weight is 319 g/mol. The maximum Gasteiger partial charge on any atom is 0.0522 e. The van der Waals surface area contributed by atoms with E-state index in [2.05, 4.69) is 38.6 Å². The number of rotatable bonds is 3. The van der Waals surface area contributed by atoms with Gasteiger partial charge in [0.05, 0.1) is 6.20 Å². The standard InChI is InChI=1S/C17H22N4.ClH/c1-2-14-4-7-18-17(14)15(3-1)12-21-8-5-13(6-9-21)16-10-19-20-11-16;/h1-3,10-11,13,18H,4-9,12H2,(H,19,20);1H. The van der Waals surface area contributed by atoms with Gasteiger partial charge in [0.1, 0.15) is 0 Å². The number of piperidine rings is 1. The summed E-state index contributed by atoms with van der Waals surface area (Å²) in [5.41, 5.74) is 5.72.